The van der Waals surface area contributed by atoms with E-state index in [9.17, 15) is 4.79 Å². The minimum Gasteiger partial charge on any atom is -0.378 e. The van der Waals surface area contributed by atoms with Crippen molar-refractivity contribution in [3.63, 3.8) is 0 Å². The molecular weight excluding hydrogens is 224 g/mol. The zero-order valence-corrected chi connectivity index (χ0v) is 10.8. The second-order valence-corrected chi connectivity index (χ2v) is 4.74. The van der Waals surface area contributed by atoms with Crippen molar-refractivity contribution >= 4 is 17.2 Å². The Morgan fingerprint density at radius 2 is 2.31 bits per heavy atom. The van der Waals surface area contributed by atoms with Gasteiger partial charge < -0.3 is 10.1 Å². The summed E-state index contributed by atoms with van der Waals surface area (Å²) < 4.78 is 5.01. The Labute approximate surface area is 100 Å². The van der Waals surface area contributed by atoms with Crippen LogP contribution in [0.4, 0.5) is 0 Å². The van der Waals surface area contributed by atoms with E-state index in [1.807, 2.05) is 13.8 Å². The third kappa shape index (κ3) is 3.90. The maximum Gasteiger partial charge on any atom is 0.225 e. The largest absolute Gasteiger partial charge is 0.378 e. The first-order valence-electron chi connectivity index (χ1n) is 5.38. The Kier molecular flexibility index (Phi) is 5.42. The van der Waals surface area contributed by atoms with Crippen molar-refractivity contribution in [1.82, 2.24) is 10.3 Å². The molecule has 1 N–H and O–H groups in total. The van der Waals surface area contributed by atoms with Gasteiger partial charge >= 0.3 is 0 Å². The fourth-order valence-electron chi connectivity index (χ4n) is 1.31. The molecule has 0 aromatic carbocycles. The van der Waals surface area contributed by atoms with E-state index in [-0.39, 0.29) is 5.91 Å². The zero-order chi connectivity index (χ0) is 12.0. The number of aryl methyl sites for hydroxylation is 1. The molecule has 0 bridgehead atoms. The van der Waals surface area contributed by atoms with Gasteiger partial charge in [0.05, 0.1) is 18.7 Å². The predicted molar refractivity (Wildman–Crippen MR) is 64.6 cm³/mol. The number of amides is 1. The highest BCUT2D eigenvalue weighted by atomic mass is 32.1. The van der Waals surface area contributed by atoms with Crippen LogP contribution < -0.4 is 5.32 Å². The molecule has 1 aromatic rings. The lowest BCUT2D eigenvalue weighted by Gasteiger charge is -2.01. The minimum atomic E-state index is 0.0672. The Hall–Kier alpha value is -0.940. The molecule has 0 fully saturated rings. The summed E-state index contributed by atoms with van der Waals surface area (Å²) in [6.45, 7) is 5.22. The zero-order valence-electron chi connectivity index (χ0n) is 10.0. The number of carbonyl (C=O) groups excluding carboxylic acids is 1. The highest BCUT2D eigenvalue weighted by molar-refractivity contribution is 7.11. The van der Waals surface area contributed by atoms with Gasteiger partial charge in [0, 0.05) is 18.5 Å². The lowest BCUT2D eigenvalue weighted by Crippen LogP contribution is -2.25. The van der Waals surface area contributed by atoms with Crippen molar-refractivity contribution in [1.29, 1.82) is 0 Å². The smallest absolute Gasteiger partial charge is 0.225 e. The van der Waals surface area contributed by atoms with Gasteiger partial charge in [-0.05, 0) is 13.3 Å². The van der Waals surface area contributed by atoms with Crippen LogP contribution in [0.25, 0.3) is 0 Å². The molecule has 5 heteroatoms. The molecule has 0 unspecified atom stereocenters. The number of aromatic nitrogens is 1. The summed E-state index contributed by atoms with van der Waals surface area (Å²) in [5.41, 5.74) is 0.934. The van der Waals surface area contributed by atoms with Crippen molar-refractivity contribution in [2.45, 2.75) is 33.3 Å². The molecule has 90 valence electrons. The van der Waals surface area contributed by atoms with E-state index in [0.717, 1.165) is 28.5 Å². The van der Waals surface area contributed by atoms with Crippen LogP contribution in [-0.4, -0.2) is 24.5 Å². The van der Waals surface area contributed by atoms with Gasteiger partial charge in [0.1, 0.15) is 5.01 Å². The highest BCUT2D eigenvalue weighted by Crippen LogP contribution is 2.19. The number of methoxy groups -OCH3 is 1. The average molecular weight is 242 g/mol. The molecule has 0 radical (unpaired) electrons. The number of nitrogens with one attached hydrogen (secondary N) is 1. The predicted octanol–water partition coefficient (Wildman–Crippen LogP) is 1.67. The molecule has 0 aliphatic carbocycles. The maximum absolute atomic E-state index is 11.5. The molecule has 0 spiro atoms. The summed E-state index contributed by atoms with van der Waals surface area (Å²) in [4.78, 5) is 16.9. The third-order valence-electron chi connectivity index (χ3n) is 2.10. The van der Waals surface area contributed by atoms with Gasteiger partial charge in [0.15, 0.2) is 0 Å². The Balaban J connectivity index is 2.55. The molecule has 4 nitrogen and oxygen atoms in total. The summed E-state index contributed by atoms with van der Waals surface area (Å²) in [5.74, 6) is 0.0672. The van der Waals surface area contributed by atoms with Gasteiger partial charge in [-0.2, -0.15) is 0 Å². The summed E-state index contributed by atoms with van der Waals surface area (Å²) in [5, 5.41) is 3.79. The highest BCUT2D eigenvalue weighted by Gasteiger charge is 2.11. The first-order valence-corrected chi connectivity index (χ1v) is 6.19. The van der Waals surface area contributed by atoms with E-state index in [4.69, 9.17) is 4.74 Å². The quantitative estimate of drug-likeness (QED) is 0.825. The van der Waals surface area contributed by atoms with Crippen LogP contribution in [-0.2, 0) is 22.6 Å². The van der Waals surface area contributed by atoms with Gasteiger partial charge in [-0.3, -0.25) is 4.79 Å². The first kappa shape index (κ1) is 13.1. The Bertz CT molecular complexity index is 350. The number of nitrogens with zero attached hydrogens (tertiary/aromatic N) is 1. The molecule has 1 amide bonds. The van der Waals surface area contributed by atoms with Crippen molar-refractivity contribution < 1.29 is 9.53 Å². The molecule has 1 aromatic heterocycles. The molecule has 0 atom stereocenters. The number of hydrogen-bond donors (Lipinski definition) is 1. The van der Waals surface area contributed by atoms with Gasteiger partial charge in [-0.25, -0.2) is 4.98 Å². The van der Waals surface area contributed by atoms with Crippen LogP contribution in [0, 0.1) is 6.92 Å². The van der Waals surface area contributed by atoms with Gasteiger partial charge in [-0.15, -0.1) is 11.3 Å². The van der Waals surface area contributed by atoms with Crippen LogP contribution in [0.5, 0.6) is 0 Å². The molecule has 1 heterocycles. The summed E-state index contributed by atoms with van der Waals surface area (Å²) in [7, 11) is 1.64. The molecule has 16 heavy (non-hydrogen) atoms. The monoisotopic (exact) mass is 242 g/mol. The number of rotatable bonds is 6. The maximum atomic E-state index is 11.5. The van der Waals surface area contributed by atoms with Crippen LogP contribution in [0.1, 0.15) is 28.9 Å². The van der Waals surface area contributed by atoms with Crippen LogP contribution >= 0.6 is 11.3 Å². The fourth-order valence-corrected chi connectivity index (χ4v) is 2.35. The van der Waals surface area contributed by atoms with Crippen molar-refractivity contribution in [2.24, 2.45) is 0 Å². The normalized spacial score (nSPS) is 10.4. The molecule has 0 aliphatic rings. The van der Waals surface area contributed by atoms with Crippen LogP contribution in [0.3, 0.4) is 0 Å². The summed E-state index contributed by atoms with van der Waals surface area (Å²) in [6, 6.07) is 0. The average Bonchev–Trinajstić information content (AvgIpc) is 2.57. The molecule has 0 saturated carbocycles. The topological polar surface area (TPSA) is 51.2 Å². The number of ether oxygens (including phenoxy) is 1. The van der Waals surface area contributed by atoms with Crippen molar-refractivity contribution in [3.8, 4) is 0 Å². The minimum absolute atomic E-state index is 0.0672. The van der Waals surface area contributed by atoms with E-state index in [0.29, 0.717) is 13.0 Å². The van der Waals surface area contributed by atoms with Gasteiger partial charge in [0.2, 0.25) is 5.91 Å². The first-order chi connectivity index (χ1) is 7.67. The Morgan fingerprint density at radius 1 is 1.56 bits per heavy atom. The van der Waals surface area contributed by atoms with Crippen molar-refractivity contribution in [2.75, 3.05) is 13.7 Å². The standard InChI is InChI=1S/C11H18N2O2S/c1-4-5-12-10(14)6-9-8(2)13-11(16-9)7-15-3/h4-7H2,1-3H3,(H,12,14). The number of carbonyl (C=O) groups is 1. The lowest BCUT2D eigenvalue weighted by atomic mass is 10.3. The summed E-state index contributed by atoms with van der Waals surface area (Å²) in [6.07, 6.45) is 1.38. The van der Waals surface area contributed by atoms with Crippen LogP contribution in [0.15, 0.2) is 0 Å². The molecule has 0 saturated heterocycles. The Morgan fingerprint density at radius 3 is 2.94 bits per heavy atom. The fraction of sp³-hybridized carbons (Fsp3) is 0.636. The number of hydrogen-bond acceptors (Lipinski definition) is 4. The van der Waals surface area contributed by atoms with Crippen molar-refractivity contribution in [3.05, 3.63) is 15.6 Å². The second-order valence-electron chi connectivity index (χ2n) is 3.58. The molecular formula is C11H18N2O2S. The molecule has 0 aliphatic heterocycles. The van der Waals surface area contributed by atoms with E-state index in [2.05, 4.69) is 10.3 Å². The van der Waals surface area contributed by atoms with Gasteiger partial charge in [-0.1, -0.05) is 6.92 Å². The molecule has 1 rings (SSSR count). The number of thiazole rings is 1. The van der Waals surface area contributed by atoms with E-state index < -0.39 is 0 Å². The van der Waals surface area contributed by atoms with Gasteiger partial charge in [0.25, 0.3) is 0 Å². The second kappa shape index (κ2) is 6.60. The van der Waals surface area contributed by atoms with E-state index in [1.54, 1.807) is 18.4 Å². The lowest BCUT2D eigenvalue weighted by molar-refractivity contribution is -0.120. The van der Waals surface area contributed by atoms with E-state index in [1.165, 1.54) is 0 Å². The summed E-state index contributed by atoms with van der Waals surface area (Å²) >= 11 is 1.55. The third-order valence-corrected chi connectivity index (χ3v) is 3.23. The van der Waals surface area contributed by atoms with Crippen LogP contribution in [0.2, 0.25) is 0 Å². The SMILES string of the molecule is CCCNC(=O)Cc1sc(COC)nc1C. The van der Waals surface area contributed by atoms with E-state index >= 15 is 0 Å².